The van der Waals surface area contributed by atoms with Crippen LogP contribution >= 0.6 is 35.4 Å². The van der Waals surface area contributed by atoms with Gasteiger partial charge in [0, 0.05) is 45.8 Å². The Morgan fingerprint density at radius 1 is 1.22 bits per heavy atom. The lowest BCUT2D eigenvalue weighted by Gasteiger charge is -2.08. The van der Waals surface area contributed by atoms with Crippen LogP contribution < -0.4 is 10.7 Å². The van der Waals surface area contributed by atoms with Crippen LogP contribution in [0.5, 0.6) is 0 Å². The summed E-state index contributed by atoms with van der Waals surface area (Å²) in [6.07, 6.45) is 5.53. The third-order valence-electron chi connectivity index (χ3n) is 3.95. The van der Waals surface area contributed by atoms with Crippen molar-refractivity contribution in [3.8, 4) is 0 Å². The van der Waals surface area contributed by atoms with E-state index in [0.717, 1.165) is 22.0 Å². The fraction of sp³-hybridized carbons (Fsp3) is 0.100. The molecule has 0 aliphatic carbocycles. The summed E-state index contributed by atoms with van der Waals surface area (Å²) in [5.74, 6) is 0. The zero-order chi connectivity index (χ0) is 19.2. The van der Waals surface area contributed by atoms with E-state index in [1.54, 1.807) is 18.4 Å². The highest BCUT2D eigenvalue weighted by Crippen LogP contribution is 2.25. The molecule has 27 heavy (non-hydrogen) atoms. The number of hydrogen-bond donors (Lipinski definition) is 2. The molecule has 0 saturated heterocycles. The van der Waals surface area contributed by atoms with Crippen molar-refractivity contribution in [2.24, 2.45) is 5.10 Å². The van der Waals surface area contributed by atoms with Crippen LogP contribution in [0.25, 0.3) is 10.9 Å². The van der Waals surface area contributed by atoms with Gasteiger partial charge in [-0.3, -0.25) is 5.43 Å². The van der Waals surface area contributed by atoms with Gasteiger partial charge < -0.3 is 9.88 Å². The highest BCUT2D eigenvalue weighted by molar-refractivity contribution is 7.80. The number of halogens is 2. The quantitative estimate of drug-likeness (QED) is 0.257. The molecular formula is C20H18Cl2N4S. The minimum absolute atomic E-state index is 0.447. The van der Waals surface area contributed by atoms with Gasteiger partial charge in [-0.2, -0.15) is 5.10 Å². The summed E-state index contributed by atoms with van der Waals surface area (Å²) in [6.45, 7) is 4.86. The fourth-order valence-electron chi connectivity index (χ4n) is 2.71. The van der Waals surface area contributed by atoms with Gasteiger partial charge in [0.25, 0.3) is 0 Å². The Labute approximate surface area is 173 Å². The van der Waals surface area contributed by atoms with Gasteiger partial charge in [-0.05, 0) is 36.0 Å². The summed E-state index contributed by atoms with van der Waals surface area (Å²) in [4.78, 5) is 0. The van der Waals surface area contributed by atoms with Gasteiger partial charge in [-0.1, -0.05) is 53.5 Å². The van der Waals surface area contributed by atoms with Gasteiger partial charge in [0.05, 0.1) is 6.21 Å². The number of benzene rings is 2. The lowest BCUT2D eigenvalue weighted by molar-refractivity contribution is 0.836. The largest absolute Gasteiger partial charge is 0.358 e. The molecule has 0 radical (unpaired) electrons. The van der Waals surface area contributed by atoms with E-state index in [1.807, 2.05) is 30.5 Å². The summed E-state index contributed by atoms with van der Waals surface area (Å²) in [7, 11) is 0. The third-order valence-corrected chi connectivity index (χ3v) is 4.77. The maximum Gasteiger partial charge on any atom is 0.187 e. The minimum atomic E-state index is 0.447. The number of thiocarbonyl (C=S) groups is 1. The first-order chi connectivity index (χ1) is 13.1. The molecule has 2 aromatic carbocycles. The molecule has 138 valence electrons. The second-order valence-electron chi connectivity index (χ2n) is 5.83. The second-order valence-corrected chi connectivity index (χ2v) is 7.09. The zero-order valence-corrected chi connectivity index (χ0v) is 16.8. The van der Waals surface area contributed by atoms with E-state index in [-0.39, 0.29) is 0 Å². The predicted octanol–water partition coefficient (Wildman–Crippen LogP) is 4.98. The van der Waals surface area contributed by atoms with Crippen LogP contribution in [0.1, 0.15) is 11.1 Å². The highest BCUT2D eigenvalue weighted by Gasteiger charge is 2.09. The van der Waals surface area contributed by atoms with Crippen molar-refractivity contribution in [2.75, 3.05) is 6.54 Å². The Hall–Kier alpha value is -2.34. The van der Waals surface area contributed by atoms with Crippen LogP contribution in [0.2, 0.25) is 10.0 Å². The standard InChI is InChI=1S/C20H18Cl2N4S/c1-2-9-23-20(27)25-24-11-15-13-26(19-6-4-3-5-17(15)19)12-14-7-8-16(21)10-18(14)22/h2-8,10-11,13H,1,9,12H2,(H2,23,25,27)/b24-11-. The molecule has 0 saturated carbocycles. The molecule has 0 amide bonds. The molecule has 0 aliphatic heterocycles. The molecule has 3 rings (SSSR count). The Balaban J connectivity index is 1.85. The SMILES string of the molecule is C=CCNC(=S)N/N=C\c1cn(Cc2ccc(Cl)cc2Cl)c2ccccc12. The molecule has 3 aromatic rings. The zero-order valence-electron chi connectivity index (χ0n) is 14.5. The lowest BCUT2D eigenvalue weighted by atomic mass is 10.2. The Morgan fingerprint density at radius 2 is 2.04 bits per heavy atom. The van der Waals surface area contributed by atoms with E-state index in [9.17, 15) is 0 Å². The van der Waals surface area contributed by atoms with Gasteiger partial charge in [0.1, 0.15) is 0 Å². The summed E-state index contributed by atoms with van der Waals surface area (Å²) < 4.78 is 2.14. The van der Waals surface area contributed by atoms with Crippen LogP contribution in [-0.2, 0) is 6.54 Å². The van der Waals surface area contributed by atoms with Crippen LogP contribution in [0.15, 0.2) is 66.4 Å². The van der Waals surface area contributed by atoms with E-state index >= 15 is 0 Å². The molecular weight excluding hydrogens is 399 g/mol. The number of rotatable bonds is 6. The average Bonchev–Trinajstić information content (AvgIpc) is 3.00. The molecule has 0 bridgehead atoms. The molecule has 0 atom stereocenters. The minimum Gasteiger partial charge on any atom is -0.358 e. The Morgan fingerprint density at radius 3 is 2.81 bits per heavy atom. The lowest BCUT2D eigenvalue weighted by Crippen LogP contribution is -2.31. The van der Waals surface area contributed by atoms with Crippen LogP contribution in [-0.4, -0.2) is 22.4 Å². The summed E-state index contributed by atoms with van der Waals surface area (Å²) in [5, 5.41) is 10.0. The van der Waals surface area contributed by atoms with Gasteiger partial charge >= 0.3 is 0 Å². The Kier molecular flexibility index (Phi) is 6.50. The van der Waals surface area contributed by atoms with Crippen LogP contribution in [0, 0.1) is 0 Å². The van der Waals surface area contributed by atoms with Crippen molar-refractivity contribution in [3.63, 3.8) is 0 Å². The monoisotopic (exact) mass is 416 g/mol. The van der Waals surface area contributed by atoms with E-state index in [4.69, 9.17) is 35.4 Å². The number of nitrogens with zero attached hydrogens (tertiary/aromatic N) is 2. The molecule has 0 aliphatic rings. The molecule has 0 unspecified atom stereocenters. The Bertz CT molecular complexity index is 1010. The summed E-state index contributed by atoms with van der Waals surface area (Å²) in [6, 6.07) is 13.7. The normalized spacial score (nSPS) is 11.0. The molecule has 4 nitrogen and oxygen atoms in total. The van der Waals surface area contributed by atoms with Gasteiger partial charge in [0.2, 0.25) is 0 Å². The average molecular weight is 417 g/mol. The van der Waals surface area contributed by atoms with Gasteiger partial charge in [-0.25, -0.2) is 0 Å². The van der Waals surface area contributed by atoms with Crippen molar-refractivity contribution >= 4 is 57.6 Å². The van der Waals surface area contributed by atoms with E-state index in [0.29, 0.717) is 28.2 Å². The van der Waals surface area contributed by atoms with Crippen molar-refractivity contribution in [1.82, 2.24) is 15.3 Å². The van der Waals surface area contributed by atoms with Crippen molar-refractivity contribution < 1.29 is 0 Å². The number of para-hydroxylation sites is 1. The molecule has 0 spiro atoms. The van der Waals surface area contributed by atoms with Crippen molar-refractivity contribution in [2.45, 2.75) is 6.54 Å². The van der Waals surface area contributed by atoms with Crippen molar-refractivity contribution in [3.05, 3.63) is 82.5 Å². The van der Waals surface area contributed by atoms with Crippen LogP contribution in [0.4, 0.5) is 0 Å². The first-order valence-electron chi connectivity index (χ1n) is 8.28. The highest BCUT2D eigenvalue weighted by atomic mass is 35.5. The van der Waals surface area contributed by atoms with Crippen molar-refractivity contribution in [1.29, 1.82) is 0 Å². The van der Waals surface area contributed by atoms with E-state index in [1.165, 1.54) is 0 Å². The third kappa shape index (κ3) is 4.89. The first kappa shape index (κ1) is 19.4. The summed E-state index contributed by atoms with van der Waals surface area (Å²) >= 11 is 17.5. The molecule has 7 heteroatoms. The number of aromatic nitrogens is 1. The number of nitrogens with one attached hydrogen (secondary N) is 2. The maximum atomic E-state index is 6.34. The topological polar surface area (TPSA) is 41.4 Å². The van der Waals surface area contributed by atoms with Crippen LogP contribution in [0.3, 0.4) is 0 Å². The van der Waals surface area contributed by atoms with Gasteiger partial charge in [0.15, 0.2) is 5.11 Å². The number of hydrazone groups is 1. The smallest absolute Gasteiger partial charge is 0.187 e. The molecule has 2 N–H and O–H groups in total. The second kappa shape index (κ2) is 9.04. The maximum absolute atomic E-state index is 6.34. The van der Waals surface area contributed by atoms with E-state index < -0.39 is 0 Å². The summed E-state index contributed by atoms with van der Waals surface area (Å²) in [5.41, 5.74) is 5.88. The fourth-order valence-corrected chi connectivity index (χ4v) is 3.31. The molecule has 0 fully saturated rings. The van der Waals surface area contributed by atoms with Gasteiger partial charge in [-0.15, -0.1) is 6.58 Å². The molecule has 1 heterocycles. The molecule has 1 aromatic heterocycles. The number of fused-ring (bicyclic) bond motifs is 1. The predicted molar refractivity (Wildman–Crippen MR) is 119 cm³/mol. The number of hydrogen-bond acceptors (Lipinski definition) is 2. The van der Waals surface area contributed by atoms with E-state index in [2.05, 4.69) is 39.1 Å². The first-order valence-corrected chi connectivity index (χ1v) is 9.44.